The average molecular weight is 346 g/mol. The van der Waals surface area contributed by atoms with Gasteiger partial charge in [-0.15, -0.1) is 0 Å². The maximum absolute atomic E-state index is 12.4. The molecule has 2 aromatic carbocycles. The van der Waals surface area contributed by atoms with Crippen molar-refractivity contribution in [1.82, 2.24) is 9.88 Å². The lowest BCUT2D eigenvalue weighted by atomic mass is 10.1. The zero-order valence-electron chi connectivity index (χ0n) is 14.9. The lowest BCUT2D eigenvalue weighted by molar-refractivity contribution is 0.208. The molecule has 1 aliphatic rings. The molecule has 0 radical (unpaired) electrons. The first-order valence-electron chi connectivity index (χ1n) is 8.93. The molecule has 0 spiro atoms. The third kappa shape index (κ3) is 3.33. The fourth-order valence-corrected chi connectivity index (χ4v) is 3.38. The minimum atomic E-state index is -0.0426. The Bertz CT molecular complexity index is 918. The SMILES string of the molecule is Cc1cc2ccccc2nc1N1CCN(C(=O)Nc2ccccc2)CC1. The summed E-state index contributed by atoms with van der Waals surface area (Å²) in [4.78, 5) is 21.4. The van der Waals surface area contributed by atoms with Crippen molar-refractivity contribution in [2.75, 3.05) is 36.4 Å². The van der Waals surface area contributed by atoms with Crippen molar-refractivity contribution < 1.29 is 4.79 Å². The molecule has 1 N–H and O–H groups in total. The monoisotopic (exact) mass is 346 g/mol. The number of piperazine rings is 1. The third-order valence-electron chi connectivity index (χ3n) is 4.78. The first kappa shape index (κ1) is 16.4. The summed E-state index contributed by atoms with van der Waals surface area (Å²) >= 11 is 0. The van der Waals surface area contributed by atoms with Gasteiger partial charge in [-0.05, 0) is 36.8 Å². The van der Waals surface area contributed by atoms with Gasteiger partial charge in [0.2, 0.25) is 0 Å². The molecule has 0 bridgehead atoms. The van der Waals surface area contributed by atoms with E-state index in [9.17, 15) is 4.79 Å². The summed E-state index contributed by atoms with van der Waals surface area (Å²) in [5.74, 6) is 1.02. The van der Waals surface area contributed by atoms with Gasteiger partial charge in [0.25, 0.3) is 0 Å². The van der Waals surface area contributed by atoms with Crippen LogP contribution in [0.4, 0.5) is 16.3 Å². The van der Waals surface area contributed by atoms with Crippen LogP contribution in [0, 0.1) is 6.92 Å². The topological polar surface area (TPSA) is 48.5 Å². The summed E-state index contributed by atoms with van der Waals surface area (Å²) in [6, 6.07) is 19.9. The molecular weight excluding hydrogens is 324 g/mol. The van der Waals surface area contributed by atoms with Gasteiger partial charge in [0, 0.05) is 37.3 Å². The predicted octanol–water partition coefficient (Wildman–Crippen LogP) is 3.90. The molecular formula is C21H22N4O. The number of carbonyl (C=O) groups excluding carboxylic acids is 1. The molecule has 26 heavy (non-hydrogen) atoms. The molecule has 1 aromatic heterocycles. The van der Waals surface area contributed by atoms with Gasteiger partial charge in [0.15, 0.2) is 0 Å². The number of aryl methyl sites for hydroxylation is 1. The number of hydrogen-bond acceptors (Lipinski definition) is 3. The van der Waals surface area contributed by atoms with Crippen molar-refractivity contribution >= 4 is 28.4 Å². The van der Waals surface area contributed by atoms with Gasteiger partial charge in [0.1, 0.15) is 5.82 Å². The van der Waals surface area contributed by atoms with Crippen molar-refractivity contribution in [3.63, 3.8) is 0 Å². The largest absolute Gasteiger partial charge is 0.353 e. The lowest BCUT2D eigenvalue weighted by Crippen LogP contribution is -2.50. The van der Waals surface area contributed by atoms with E-state index in [-0.39, 0.29) is 6.03 Å². The number of urea groups is 1. The van der Waals surface area contributed by atoms with E-state index in [0.29, 0.717) is 13.1 Å². The normalized spacial score (nSPS) is 14.5. The maximum Gasteiger partial charge on any atom is 0.321 e. The number of hydrogen-bond donors (Lipinski definition) is 1. The Kier molecular flexibility index (Phi) is 4.44. The summed E-state index contributed by atoms with van der Waals surface area (Å²) in [5.41, 5.74) is 3.01. The Hall–Kier alpha value is -3.08. The number of rotatable bonds is 2. The van der Waals surface area contributed by atoms with Crippen LogP contribution in [0.5, 0.6) is 0 Å². The molecule has 3 aromatic rings. The minimum Gasteiger partial charge on any atom is -0.353 e. The Labute approximate surface area is 153 Å². The Balaban J connectivity index is 1.43. The molecule has 5 nitrogen and oxygen atoms in total. The van der Waals surface area contributed by atoms with Gasteiger partial charge in [-0.25, -0.2) is 9.78 Å². The van der Waals surface area contributed by atoms with E-state index in [1.807, 2.05) is 53.4 Å². The van der Waals surface area contributed by atoms with Gasteiger partial charge < -0.3 is 15.1 Å². The van der Waals surface area contributed by atoms with Crippen LogP contribution in [-0.4, -0.2) is 42.1 Å². The van der Waals surface area contributed by atoms with E-state index < -0.39 is 0 Å². The van der Waals surface area contributed by atoms with E-state index in [0.717, 1.165) is 35.5 Å². The van der Waals surface area contributed by atoms with E-state index in [2.05, 4.69) is 29.3 Å². The molecule has 0 atom stereocenters. The van der Waals surface area contributed by atoms with Crippen LogP contribution in [0.25, 0.3) is 10.9 Å². The Morgan fingerprint density at radius 3 is 2.42 bits per heavy atom. The van der Waals surface area contributed by atoms with Crippen LogP contribution in [0.2, 0.25) is 0 Å². The van der Waals surface area contributed by atoms with Gasteiger partial charge in [-0.3, -0.25) is 0 Å². The number of anilines is 2. The number of aromatic nitrogens is 1. The fraction of sp³-hybridized carbons (Fsp3) is 0.238. The van der Waals surface area contributed by atoms with Crippen molar-refractivity contribution in [1.29, 1.82) is 0 Å². The highest BCUT2D eigenvalue weighted by Gasteiger charge is 2.23. The van der Waals surface area contributed by atoms with Crippen molar-refractivity contribution in [2.24, 2.45) is 0 Å². The van der Waals surface area contributed by atoms with Crippen LogP contribution < -0.4 is 10.2 Å². The molecule has 2 amide bonds. The second kappa shape index (κ2) is 7.04. The number of para-hydroxylation sites is 2. The molecule has 1 saturated heterocycles. The van der Waals surface area contributed by atoms with Gasteiger partial charge in [-0.2, -0.15) is 0 Å². The first-order valence-corrected chi connectivity index (χ1v) is 8.93. The van der Waals surface area contributed by atoms with E-state index >= 15 is 0 Å². The Morgan fingerprint density at radius 1 is 0.962 bits per heavy atom. The minimum absolute atomic E-state index is 0.0426. The number of pyridine rings is 1. The Morgan fingerprint density at radius 2 is 1.65 bits per heavy atom. The molecule has 0 saturated carbocycles. The van der Waals surface area contributed by atoms with Crippen molar-refractivity contribution in [3.8, 4) is 0 Å². The molecule has 2 heterocycles. The summed E-state index contributed by atoms with van der Waals surface area (Å²) in [6.45, 7) is 5.05. The van der Waals surface area contributed by atoms with Crippen molar-refractivity contribution in [3.05, 3.63) is 66.2 Å². The average Bonchev–Trinajstić information content (AvgIpc) is 2.68. The van der Waals surface area contributed by atoms with Crippen molar-refractivity contribution in [2.45, 2.75) is 6.92 Å². The molecule has 132 valence electrons. The fourth-order valence-electron chi connectivity index (χ4n) is 3.38. The lowest BCUT2D eigenvalue weighted by Gasteiger charge is -2.36. The third-order valence-corrected chi connectivity index (χ3v) is 4.78. The van der Waals surface area contributed by atoms with E-state index in [1.54, 1.807) is 0 Å². The molecule has 0 unspecified atom stereocenters. The number of carbonyl (C=O) groups is 1. The van der Waals surface area contributed by atoms with Gasteiger partial charge in [-0.1, -0.05) is 36.4 Å². The number of amides is 2. The summed E-state index contributed by atoms with van der Waals surface area (Å²) < 4.78 is 0. The second-order valence-corrected chi connectivity index (χ2v) is 6.59. The smallest absolute Gasteiger partial charge is 0.321 e. The van der Waals surface area contributed by atoms with E-state index in [1.165, 1.54) is 5.56 Å². The van der Waals surface area contributed by atoms with Crippen LogP contribution in [-0.2, 0) is 0 Å². The maximum atomic E-state index is 12.4. The number of fused-ring (bicyclic) bond motifs is 1. The van der Waals surface area contributed by atoms with Crippen LogP contribution in [0.3, 0.4) is 0 Å². The molecule has 5 heteroatoms. The highest BCUT2D eigenvalue weighted by molar-refractivity contribution is 5.89. The second-order valence-electron chi connectivity index (χ2n) is 6.59. The molecule has 4 rings (SSSR count). The molecule has 1 aliphatic heterocycles. The molecule has 1 fully saturated rings. The zero-order valence-corrected chi connectivity index (χ0v) is 14.9. The summed E-state index contributed by atoms with van der Waals surface area (Å²) in [5, 5.41) is 4.12. The predicted molar refractivity (Wildman–Crippen MR) is 106 cm³/mol. The summed E-state index contributed by atoms with van der Waals surface area (Å²) in [7, 11) is 0. The standard InChI is InChI=1S/C21H22N4O/c1-16-15-17-7-5-6-10-19(17)23-20(16)24-11-13-25(14-12-24)21(26)22-18-8-3-2-4-9-18/h2-10,15H,11-14H2,1H3,(H,22,26). The van der Waals surface area contributed by atoms with Crippen LogP contribution in [0.1, 0.15) is 5.56 Å². The quantitative estimate of drug-likeness (QED) is 0.766. The number of benzene rings is 2. The van der Waals surface area contributed by atoms with Gasteiger partial charge in [0.05, 0.1) is 5.52 Å². The van der Waals surface area contributed by atoms with Crippen LogP contribution >= 0.6 is 0 Å². The summed E-state index contributed by atoms with van der Waals surface area (Å²) in [6.07, 6.45) is 0. The highest BCUT2D eigenvalue weighted by Crippen LogP contribution is 2.24. The van der Waals surface area contributed by atoms with Crippen LogP contribution in [0.15, 0.2) is 60.7 Å². The molecule has 0 aliphatic carbocycles. The van der Waals surface area contributed by atoms with E-state index in [4.69, 9.17) is 4.98 Å². The zero-order chi connectivity index (χ0) is 17.9. The first-order chi connectivity index (χ1) is 12.7. The number of nitrogens with one attached hydrogen (secondary N) is 1. The number of nitrogens with zero attached hydrogens (tertiary/aromatic N) is 3. The van der Waals surface area contributed by atoms with Gasteiger partial charge >= 0.3 is 6.03 Å². The highest BCUT2D eigenvalue weighted by atomic mass is 16.2.